The zero-order chi connectivity index (χ0) is 13.9. The van der Waals surface area contributed by atoms with Crippen LogP contribution >= 0.6 is 15.9 Å². The minimum atomic E-state index is -0.0319. The largest absolute Gasteiger partial charge is 0.399 e. The van der Waals surface area contributed by atoms with E-state index in [4.69, 9.17) is 15.2 Å². The standard InChI is InChI=1S/C12H14BrN5O2/c13-9-3-8(4-10(14)5-9)12-15-16-17-18(12)6-11-7-19-1-2-20-11/h3-5,11H,1-2,6-7,14H2. The maximum atomic E-state index is 5.85. The Morgan fingerprint density at radius 2 is 2.25 bits per heavy atom. The van der Waals surface area contributed by atoms with E-state index in [1.807, 2.05) is 18.2 Å². The topological polar surface area (TPSA) is 88.1 Å². The van der Waals surface area contributed by atoms with Crippen molar-refractivity contribution in [1.29, 1.82) is 0 Å². The lowest BCUT2D eigenvalue weighted by atomic mass is 10.2. The molecule has 1 aromatic carbocycles. The first-order valence-electron chi connectivity index (χ1n) is 6.24. The third-order valence-electron chi connectivity index (χ3n) is 2.97. The third-order valence-corrected chi connectivity index (χ3v) is 3.43. The Labute approximate surface area is 124 Å². The second-order valence-corrected chi connectivity index (χ2v) is 5.44. The summed E-state index contributed by atoms with van der Waals surface area (Å²) < 4.78 is 13.6. The highest BCUT2D eigenvalue weighted by molar-refractivity contribution is 9.10. The van der Waals surface area contributed by atoms with Crippen LogP contribution in [-0.2, 0) is 16.0 Å². The second-order valence-electron chi connectivity index (χ2n) is 4.53. The van der Waals surface area contributed by atoms with Crippen molar-refractivity contribution in [2.24, 2.45) is 0 Å². The van der Waals surface area contributed by atoms with Crippen LogP contribution in [0.1, 0.15) is 0 Å². The highest BCUT2D eigenvalue weighted by atomic mass is 79.9. The average Bonchev–Trinajstić information content (AvgIpc) is 2.87. The molecule has 1 unspecified atom stereocenters. The van der Waals surface area contributed by atoms with Gasteiger partial charge in [0, 0.05) is 15.7 Å². The maximum absolute atomic E-state index is 5.85. The van der Waals surface area contributed by atoms with Gasteiger partial charge in [-0.25, -0.2) is 4.68 Å². The number of hydrogen-bond donors (Lipinski definition) is 1. The maximum Gasteiger partial charge on any atom is 0.182 e. The molecule has 2 heterocycles. The molecule has 1 aliphatic rings. The molecule has 1 atom stereocenters. The van der Waals surface area contributed by atoms with Crippen LogP contribution < -0.4 is 5.73 Å². The number of ether oxygens (including phenoxy) is 2. The molecular weight excluding hydrogens is 326 g/mol. The van der Waals surface area contributed by atoms with Crippen LogP contribution in [0.15, 0.2) is 22.7 Å². The number of nitrogen functional groups attached to an aromatic ring is 1. The van der Waals surface area contributed by atoms with E-state index in [0.29, 0.717) is 37.9 Å². The summed E-state index contributed by atoms with van der Waals surface area (Å²) in [5.74, 6) is 0.659. The van der Waals surface area contributed by atoms with Crippen LogP contribution in [0.5, 0.6) is 0 Å². The van der Waals surface area contributed by atoms with Gasteiger partial charge in [-0.15, -0.1) is 5.10 Å². The van der Waals surface area contributed by atoms with Crippen LogP contribution in [0.4, 0.5) is 5.69 Å². The summed E-state index contributed by atoms with van der Waals surface area (Å²) in [5, 5.41) is 11.8. The van der Waals surface area contributed by atoms with Gasteiger partial charge in [-0.1, -0.05) is 15.9 Å². The zero-order valence-corrected chi connectivity index (χ0v) is 12.3. The quantitative estimate of drug-likeness (QED) is 0.842. The predicted octanol–water partition coefficient (Wildman–Crippen LogP) is 1.10. The number of nitrogens with two attached hydrogens (primary N) is 1. The first-order valence-corrected chi connectivity index (χ1v) is 7.03. The van der Waals surface area contributed by atoms with E-state index in [1.54, 1.807) is 4.68 Å². The van der Waals surface area contributed by atoms with Crippen molar-refractivity contribution in [1.82, 2.24) is 20.2 Å². The van der Waals surface area contributed by atoms with Crippen molar-refractivity contribution in [3.8, 4) is 11.4 Å². The lowest BCUT2D eigenvalue weighted by molar-refractivity contribution is -0.0946. The monoisotopic (exact) mass is 339 g/mol. The molecule has 1 fully saturated rings. The molecule has 1 aromatic heterocycles. The van der Waals surface area contributed by atoms with Gasteiger partial charge in [-0.2, -0.15) is 0 Å². The Balaban J connectivity index is 1.85. The fourth-order valence-electron chi connectivity index (χ4n) is 2.11. The highest BCUT2D eigenvalue weighted by Gasteiger charge is 2.18. The number of halogens is 1. The lowest BCUT2D eigenvalue weighted by Crippen LogP contribution is -2.32. The SMILES string of the molecule is Nc1cc(Br)cc(-c2nnnn2CC2COCCO2)c1. The molecule has 106 valence electrons. The smallest absolute Gasteiger partial charge is 0.182 e. The van der Waals surface area contributed by atoms with Crippen molar-refractivity contribution in [3.63, 3.8) is 0 Å². The summed E-state index contributed by atoms with van der Waals surface area (Å²) >= 11 is 3.42. The third kappa shape index (κ3) is 2.97. The Bertz CT molecular complexity index is 577. The van der Waals surface area contributed by atoms with Gasteiger partial charge in [0.15, 0.2) is 5.82 Å². The van der Waals surface area contributed by atoms with E-state index in [-0.39, 0.29) is 6.10 Å². The van der Waals surface area contributed by atoms with Crippen LogP contribution in [0, 0.1) is 0 Å². The number of anilines is 1. The first kappa shape index (κ1) is 13.5. The van der Waals surface area contributed by atoms with Gasteiger partial charge in [0.25, 0.3) is 0 Å². The van der Waals surface area contributed by atoms with Crippen molar-refractivity contribution in [3.05, 3.63) is 22.7 Å². The molecule has 7 nitrogen and oxygen atoms in total. The Morgan fingerprint density at radius 3 is 3.00 bits per heavy atom. The summed E-state index contributed by atoms with van der Waals surface area (Å²) in [6.07, 6.45) is -0.0319. The van der Waals surface area contributed by atoms with Gasteiger partial charge < -0.3 is 15.2 Å². The fraction of sp³-hybridized carbons (Fsp3) is 0.417. The van der Waals surface area contributed by atoms with Gasteiger partial charge in [0.2, 0.25) is 0 Å². The molecule has 0 bridgehead atoms. The summed E-state index contributed by atoms with van der Waals surface area (Å²) in [5.41, 5.74) is 7.36. The molecule has 1 aliphatic heterocycles. The van der Waals surface area contributed by atoms with Gasteiger partial charge in [-0.05, 0) is 28.6 Å². The van der Waals surface area contributed by atoms with Gasteiger partial charge in [0.1, 0.15) is 6.10 Å². The summed E-state index contributed by atoms with van der Waals surface area (Å²) in [7, 11) is 0. The summed E-state index contributed by atoms with van der Waals surface area (Å²) in [4.78, 5) is 0. The molecule has 0 saturated carbocycles. The van der Waals surface area contributed by atoms with Crippen molar-refractivity contribution in [2.45, 2.75) is 12.6 Å². The van der Waals surface area contributed by atoms with E-state index < -0.39 is 0 Å². The number of nitrogens with zero attached hydrogens (tertiary/aromatic N) is 4. The van der Waals surface area contributed by atoms with Crippen molar-refractivity contribution >= 4 is 21.6 Å². The van der Waals surface area contributed by atoms with Crippen LogP contribution in [0.2, 0.25) is 0 Å². The Hall–Kier alpha value is -1.51. The molecule has 2 N–H and O–H groups in total. The number of tetrazole rings is 1. The van der Waals surface area contributed by atoms with E-state index in [0.717, 1.165) is 10.0 Å². The van der Waals surface area contributed by atoms with Crippen LogP contribution in [0.3, 0.4) is 0 Å². The Kier molecular flexibility index (Phi) is 3.95. The van der Waals surface area contributed by atoms with E-state index in [1.165, 1.54) is 0 Å². The van der Waals surface area contributed by atoms with E-state index in [2.05, 4.69) is 31.5 Å². The first-order chi connectivity index (χ1) is 9.72. The molecule has 8 heteroatoms. The van der Waals surface area contributed by atoms with Crippen LogP contribution in [0.25, 0.3) is 11.4 Å². The van der Waals surface area contributed by atoms with Crippen molar-refractivity contribution in [2.75, 3.05) is 25.6 Å². The molecule has 20 heavy (non-hydrogen) atoms. The Morgan fingerprint density at radius 1 is 1.35 bits per heavy atom. The molecule has 2 aromatic rings. The molecule has 3 rings (SSSR count). The summed E-state index contributed by atoms with van der Waals surface area (Å²) in [6.45, 7) is 2.35. The lowest BCUT2D eigenvalue weighted by Gasteiger charge is -2.22. The minimum Gasteiger partial charge on any atom is -0.399 e. The summed E-state index contributed by atoms with van der Waals surface area (Å²) in [6, 6.07) is 5.59. The second kappa shape index (κ2) is 5.86. The number of rotatable bonds is 3. The predicted molar refractivity (Wildman–Crippen MR) is 75.9 cm³/mol. The molecule has 0 spiro atoms. The number of hydrogen-bond acceptors (Lipinski definition) is 6. The zero-order valence-electron chi connectivity index (χ0n) is 10.7. The molecule has 1 saturated heterocycles. The minimum absolute atomic E-state index is 0.0319. The normalized spacial score (nSPS) is 19.1. The average molecular weight is 340 g/mol. The van der Waals surface area contributed by atoms with Gasteiger partial charge in [0.05, 0.1) is 26.4 Å². The molecular formula is C12H14BrN5O2. The highest BCUT2D eigenvalue weighted by Crippen LogP contribution is 2.24. The van der Waals surface area contributed by atoms with Crippen LogP contribution in [-0.4, -0.2) is 46.1 Å². The number of aromatic nitrogens is 4. The fourth-order valence-corrected chi connectivity index (χ4v) is 2.62. The van der Waals surface area contributed by atoms with E-state index in [9.17, 15) is 0 Å². The number of benzene rings is 1. The molecule has 0 radical (unpaired) electrons. The van der Waals surface area contributed by atoms with Gasteiger partial charge in [-0.3, -0.25) is 0 Å². The molecule has 0 amide bonds. The van der Waals surface area contributed by atoms with Crippen molar-refractivity contribution < 1.29 is 9.47 Å². The van der Waals surface area contributed by atoms with Gasteiger partial charge >= 0.3 is 0 Å². The molecule has 0 aliphatic carbocycles. The van der Waals surface area contributed by atoms with E-state index >= 15 is 0 Å².